The average molecular weight is 549 g/mol. The van der Waals surface area contributed by atoms with Crippen LogP contribution in [0.2, 0.25) is 0 Å². The van der Waals surface area contributed by atoms with Crippen molar-refractivity contribution in [2.45, 2.75) is 64.2 Å². The summed E-state index contributed by atoms with van der Waals surface area (Å²) in [5, 5.41) is 4.31. The predicted molar refractivity (Wildman–Crippen MR) is 139 cm³/mol. The van der Waals surface area contributed by atoms with Crippen LogP contribution in [0.15, 0.2) is 60.7 Å². The molecule has 0 spiro atoms. The van der Waals surface area contributed by atoms with Gasteiger partial charge in [0.25, 0.3) is 0 Å². The second kappa shape index (κ2) is 15.0. The summed E-state index contributed by atoms with van der Waals surface area (Å²) in [6.07, 6.45) is -4.86. The zero-order valence-corrected chi connectivity index (χ0v) is 22.3. The minimum atomic E-state index is -5.18. The van der Waals surface area contributed by atoms with E-state index in [1.807, 2.05) is 32.0 Å². The topological polar surface area (TPSA) is 102 Å². The lowest BCUT2D eigenvalue weighted by Crippen LogP contribution is -2.54. The maximum Gasteiger partial charge on any atom is 0.471 e. The number of esters is 1. The van der Waals surface area contributed by atoms with Gasteiger partial charge in [-0.2, -0.15) is 13.2 Å². The Morgan fingerprint density at radius 3 is 1.92 bits per heavy atom. The van der Waals surface area contributed by atoms with E-state index < -0.39 is 47.7 Å². The van der Waals surface area contributed by atoms with Crippen LogP contribution in [0.3, 0.4) is 0 Å². The summed E-state index contributed by atoms with van der Waals surface area (Å²) in [5.41, 5.74) is 1.59. The van der Waals surface area contributed by atoms with Gasteiger partial charge in [0.15, 0.2) is 5.78 Å². The van der Waals surface area contributed by atoms with Gasteiger partial charge in [0.1, 0.15) is 6.04 Å². The first-order chi connectivity index (χ1) is 18.4. The Balaban J connectivity index is 2.21. The lowest BCUT2D eigenvalue weighted by molar-refractivity contribution is -0.174. The molecule has 39 heavy (non-hydrogen) atoms. The highest BCUT2D eigenvalue weighted by Gasteiger charge is 2.41. The SMILES string of the molecule is COC(=O)[C@@H](CC(=O)[C@H](CC(C)C)NC(=O)[C@H](CCc1ccccc1)NC(=O)C(F)(F)F)Cc1ccccc1. The first kappa shape index (κ1) is 31.5. The number of amides is 2. The first-order valence-electron chi connectivity index (χ1n) is 12.8. The Bertz CT molecular complexity index is 1090. The van der Waals surface area contributed by atoms with Crippen LogP contribution >= 0.6 is 0 Å². The van der Waals surface area contributed by atoms with E-state index in [2.05, 4.69) is 5.32 Å². The highest BCUT2D eigenvalue weighted by Crippen LogP contribution is 2.19. The summed E-state index contributed by atoms with van der Waals surface area (Å²) >= 11 is 0. The van der Waals surface area contributed by atoms with Crippen molar-refractivity contribution in [3.8, 4) is 0 Å². The molecule has 0 heterocycles. The number of hydrogen-bond donors (Lipinski definition) is 2. The van der Waals surface area contributed by atoms with E-state index >= 15 is 0 Å². The minimum Gasteiger partial charge on any atom is -0.469 e. The second-order valence-corrected chi connectivity index (χ2v) is 9.82. The maximum absolute atomic E-state index is 13.3. The van der Waals surface area contributed by atoms with E-state index in [0.29, 0.717) is 0 Å². The molecule has 0 aliphatic rings. The number of rotatable bonds is 14. The fourth-order valence-electron chi connectivity index (χ4n) is 4.17. The monoisotopic (exact) mass is 548 g/mol. The van der Waals surface area contributed by atoms with Crippen LogP contribution < -0.4 is 10.6 Å². The Hall–Kier alpha value is -3.69. The van der Waals surface area contributed by atoms with Gasteiger partial charge in [-0.15, -0.1) is 0 Å². The van der Waals surface area contributed by atoms with Crippen molar-refractivity contribution in [1.82, 2.24) is 10.6 Å². The molecule has 0 aliphatic heterocycles. The molecule has 0 saturated heterocycles. The standard InChI is InChI=1S/C29H35F3N2O5/c1-19(2)16-24(25(35)18-22(27(37)39-3)17-21-12-8-5-9-13-21)33-26(36)23(34-28(38)29(30,31)32)15-14-20-10-6-4-7-11-20/h4-13,19,22-24H,14-18H2,1-3H3,(H,33,36)(H,34,38)/t22-,23+,24+/m1/s1. The lowest BCUT2D eigenvalue weighted by Gasteiger charge is -2.25. The van der Waals surface area contributed by atoms with Gasteiger partial charge in [-0.25, -0.2) is 0 Å². The number of ketones is 1. The predicted octanol–water partition coefficient (Wildman–Crippen LogP) is 4.19. The number of hydrogen-bond acceptors (Lipinski definition) is 5. The van der Waals surface area contributed by atoms with Crippen LogP contribution in [-0.2, 0) is 36.8 Å². The molecule has 10 heteroatoms. The Kier molecular flexibility index (Phi) is 12.2. The number of halogens is 3. The average Bonchev–Trinajstić information content (AvgIpc) is 2.89. The van der Waals surface area contributed by atoms with Gasteiger partial charge in [0, 0.05) is 6.42 Å². The van der Waals surface area contributed by atoms with Crippen LogP contribution in [0.1, 0.15) is 44.2 Å². The van der Waals surface area contributed by atoms with Gasteiger partial charge in [-0.1, -0.05) is 74.5 Å². The summed E-state index contributed by atoms with van der Waals surface area (Å²) in [5.74, 6) is -5.05. The van der Waals surface area contributed by atoms with Crippen molar-refractivity contribution < 1.29 is 37.1 Å². The highest BCUT2D eigenvalue weighted by molar-refractivity contribution is 5.94. The lowest BCUT2D eigenvalue weighted by atomic mass is 9.89. The number of carbonyl (C=O) groups excluding carboxylic acids is 4. The first-order valence-corrected chi connectivity index (χ1v) is 12.8. The number of benzene rings is 2. The quantitative estimate of drug-likeness (QED) is 0.345. The number of aryl methyl sites for hydroxylation is 1. The molecule has 2 N–H and O–H groups in total. The van der Waals surface area contributed by atoms with E-state index in [4.69, 9.17) is 4.74 Å². The summed E-state index contributed by atoms with van der Waals surface area (Å²) in [4.78, 5) is 50.6. The molecule has 0 bridgehead atoms. The number of Topliss-reactive ketones (excluding diaryl/α,β-unsaturated/α-hetero) is 1. The Morgan fingerprint density at radius 2 is 1.41 bits per heavy atom. The number of nitrogens with one attached hydrogen (secondary N) is 2. The molecule has 2 aromatic carbocycles. The third-order valence-corrected chi connectivity index (χ3v) is 6.16. The Morgan fingerprint density at radius 1 is 0.846 bits per heavy atom. The maximum atomic E-state index is 13.3. The highest BCUT2D eigenvalue weighted by atomic mass is 19.4. The summed E-state index contributed by atoms with van der Waals surface area (Å²) in [6.45, 7) is 3.65. The van der Waals surface area contributed by atoms with Gasteiger partial charge in [-0.3, -0.25) is 19.2 Å². The van der Waals surface area contributed by atoms with Crippen LogP contribution in [0.4, 0.5) is 13.2 Å². The smallest absolute Gasteiger partial charge is 0.469 e. The third-order valence-electron chi connectivity index (χ3n) is 6.16. The largest absolute Gasteiger partial charge is 0.471 e. The molecule has 2 amide bonds. The van der Waals surface area contributed by atoms with Gasteiger partial charge in [0.2, 0.25) is 5.91 Å². The van der Waals surface area contributed by atoms with Crippen molar-refractivity contribution in [2.75, 3.05) is 7.11 Å². The van der Waals surface area contributed by atoms with Crippen LogP contribution in [0.5, 0.6) is 0 Å². The van der Waals surface area contributed by atoms with E-state index in [9.17, 15) is 32.3 Å². The summed E-state index contributed by atoms with van der Waals surface area (Å²) < 4.78 is 43.8. The number of carbonyl (C=O) groups is 4. The zero-order valence-electron chi connectivity index (χ0n) is 22.3. The van der Waals surface area contributed by atoms with Crippen molar-refractivity contribution >= 4 is 23.6 Å². The molecule has 3 atom stereocenters. The normalized spacial score (nSPS) is 13.7. The second-order valence-electron chi connectivity index (χ2n) is 9.82. The van der Waals surface area contributed by atoms with E-state index in [1.165, 1.54) is 7.11 Å². The van der Waals surface area contributed by atoms with E-state index in [-0.39, 0.29) is 38.0 Å². The molecule has 7 nitrogen and oxygen atoms in total. The molecule has 0 fully saturated rings. The molecule has 0 aliphatic carbocycles. The van der Waals surface area contributed by atoms with Crippen molar-refractivity contribution in [3.05, 3.63) is 71.8 Å². The molecule has 0 saturated carbocycles. The fraction of sp³-hybridized carbons (Fsp3) is 0.448. The molecular weight excluding hydrogens is 513 g/mol. The Labute approximate surface area is 226 Å². The molecule has 2 rings (SSSR count). The van der Waals surface area contributed by atoms with Gasteiger partial charge < -0.3 is 15.4 Å². The number of ether oxygens (including phenoxy) is 1. The summed E-state index contributed by atoms with van der Waals surface area (Å²) in [7, 11) is 1.22. The zero-order chi connectivity index (χ0) is 29.0. The molecule has 0 radical (unpaired) electrons. The molecule has 212 valence electrons. The van der Waals surface area contributed by atoms with Crippen LogP contribution in [0, 0.1) is 11.8 Å². The molecule has 0 unspecified atom stereocenters. The number of alkyl halides is 3. The van der Waals surface area contributed by atoms with Gasteiger partial charge in [-0.05, 0) is 42.7 Å². The van der Waals surface area contributed by atoms with E-state index in [0.717, 1.165) is 11.1 Å². The van der Waals surface area contributed by atoms with Gasteiger partial charge >= 0.3 is 18.1 Å². The molecule has 2 aromatic rings. The number of methoxy groups -OCH3 is 1. The van der Waals surface area contributed by atoms with Gasteiger partial charge in [0.05, 0.1) is 19.1 Å². The van der Waals surface area contributed by atoms with Crippen molar-refractivity contribution in [2.24, 2.45) is 11.8 Å². The van der Waals surface area contributed by atoms with Crippen molar-refractivity contribution in [1.29, 1.82) is 0 Å². The third kappa shape index (κ3) is 10.9. The van der Waals surface area contributed by atoms with Crippen LogP contribution in [0.25, 0.3) is 0 Å². The molecule has 0 aromatic heterocycles. The molecular formula is C29H35F3N2O5. The van der Waals surface area contributed by atoms with Crippen LogP contribution in [-0.4, -0.2) is 48.9 Å². The fourth-order valence-corrected chi connectivity index (χ4v) is 4.17. The minimum absolute atomic E-state index is 0.0579. The van der Waals surface area contributed by atoms with E-state index in [1.54, 1.807) is 47.8 Å². The van der Waals surface area contributed by atoms with Crippen molar-refractivity contribution in [3.63, 3.8) is 0 Å². The summed E-state index contributed by atoms with van der Waals surface area (Å²) in [6, 6.07) is 15.3.